The standard InChI is InChI=1S/C9H7.C5H5.C3H10OSi.CH4O.CH3.2ClH.Si.Zr/c1-2-5-9-7-3-6-8(9)4-1;1-2-4-5-3-1;1-5(2,3)4;1-2;;;;;/h1-7H;1-3H,4H2;4H,1-3H3;2H,1H3;1H3;2*1H;;/q2*-1;;;-1;;;;. The maximum atomic E-state index is 8.66. The van der Waals surface area contributed by atoms with Crippen LogP contribution in [0.3, 0.4) is 0 Å². The average Bonchev–Trinajstić information content (AvgIpc) is 3.24. The van der Waals surface area contributed by atoms with Gasteiger partial charge in [0.25, 0.3) is 0 Å². The van der Waals surface area contributed by atoms with Crippen molar-refractivity contribution in [1.29, 1.82) is 0 Å². The summed E-state index contributed by atoms with van der Waals surface area (Å²) in [5.41, 5.74) is 0. The van der Waals surface area contributed by atoms with E-state index in [1.165, 1.54) is 34.1 Å². The van der Waals surface area contributed by atoms with E-state index in [1.54, 1.807) is 0 Å². The number of rotatable bonds is 0. The van der Waals surface area contributed by atoms with Crippen LogP contribution in [0.5, 0.6) is 0 Å². The molecule has 2 nitrogen and oxygen atoms in total. The molecule has 26 heavy (non-hydrogen) atoms. The van der Waals surface area contributed by atoms with Gasteiger partial charge in [0.15, 0.2) is 8.32 Å². The summed E-state index contributed by atoms with van der Waals surface area (Å²) in [4.78, 5) is 8.66. The number of aliphatic hydroxyl groups is 1. The summed E-state index contributed by atoms with van der Waals surface area (Å²) in [6, 6.07) is 14.7. The SMILES string of the molecule is CO.C[Si](C)(C)O.Cl.Cl.[C-]1=CC=CC1.[CH3-].[Si]=[Zr].c1ccc2[cH-]ccc2c1. The first-order valence-corrected chi connectivity index (χ1v) is 14.8. The quantitative estimate of drug-likeness (QED) is 0.379. The van der Waals surface area contributed by atoms with Gasteiger partial charge in [-0.3, -0.25) is 6.08 Å². The van der Waals surface area contributed by atoms with Crippen LogP contribution >= 0.6 is 24.8 Å². The Morgan fingerprint density at radius 2 is 1.58 bits per heavy atom. The van der Waals surface area contributed by atoms with Gasteiger partial charge in [-0.25, -0.2) is 12.2 Å². The van der Waals surface area contributed by atoms with Gasteiger partial charge >= 0.3 is 30.2 Å². The minimum Gasteiger partial charge on any atom is -0.168 e. The number of hydrogen-bond donors (Lipinski definition) is 2. The molecular formula is C19H31Cl2O2Si2Zr-3. The third-order valence-corrected chi connectivity index (χ3v) is 2.13. The normalized spacial score (nSPS) is 9.58. The zero-order chi connectivity index (χ0) is 18.1. The predicted octanol–water partition coefficient (Wildman–Crippen LogP) is 5.20. The van der Waals surface area contributed by atoms with Gasteiger partial charge in [0.05, 0.1) is 0 Å². The monoisotopic (exact) mass is 507 g/mol. The van der Waals surface area contributed by atoms with Crippen molar-refractivity contribution < 1.29 is 33.2 Å². The number of allylic oxidation sites excluding steroid dienone is 4. The molecule has 0 atom stereocenters. The third-order valence-electron chi connectivity index (χ3n) is 2.13. The summed E-state index contributed by atoms with van der Waals surface area (Å²) < 4.78 is 0. The maximum Gasteiger partial charge on any atom is -0.0809 e. The van der Waals surface area contributed by atoms with Crippen molar-refractivity contribution in [2.24, 2.45) is 0 Å². The Morgan fingerprint density at radius 1 is 1.08 bits per heavy atom. The van der Waals surface area contributed by atoms with E-state index in [0.29, 0.717) is 0 Å². The van der Waals surface area contributed by atoms with E-state index >= 15 is 0 Å². The Kier molecular flexibility index (Phi) is 35.7. The zero-order valence-corrected chi connectivity index (χ0v) is 22.3. The molecule has 7 heteroatoms. The number of hydrogen-bond acceptors (Lipinski definition) is 2. The van der Waals surface area contributed by atoms with Crippen molar-refractivity contribution in [3.05, 3.63) is 74.2 Å². The molecule has 0 spiro atoms. The van der Waals surface area contributed by atoms with Crippen LogP contribution in [0.25, 0.3) is 10.8 Å². The van der Waals surface area contributed by atoms with Gasteiger partial charge in [-0.15, -0.1) is 60.9 Å². The number of halogens is 2. The molecule has 0 bridgehead atoms. The molecule has 0 saturated carbocycles. The van der Waals surface area contributed by atoms with Gasteiger partial charge in [0.2, 0.25) is 0 Å². The van der Waals surface area contributed by atoms with E-state index < -0.39 is 8.32 Å². The second kappa shape index (κ2) is 25.1. The van der Waals surface area contributed by atoms with Crippen molar-refractivity contribution in [3.8, 4) is 0 Å². The summed E-state index contributed by atoms with van der Waals surface area (Å²) in [7, 11) is -0.611. The molecule has 0 unspecified atom stereocenters. The first kappa shape index (κ1) is 37.0. The molecule has 0 saturated heterocycles. The van der Waals surface area contributed by atoms with Crippen molar-refractivity contribution in [2.45, 2.75) is 26.1 Å². The van der Waals surface area contributed by atoms with Crippen LogP contribution in [-0.2, 0) is 23.3 Å². The van der Waals surface area contributed by atoms with Crippen molar-refractivity contribution in [2.75, 3.05) is 7.11 Å². The molecule has 0 aliphatic heterocycles. The molecule has 3 rings (SSSR count). The molecule has 1 aliphatic rings. The van der Waals surface area contributed by atoms with Crippen molar-refractivity contribution in [1.82, 2.24) is 0 Å². The zero-order valence-electron chi connectivity index (χ0n) is 16.2. The van der Waals surface area contributed by atoms with Gasteiger partial charge in [-0.05, 0) is 19.6 Å². The topological polar surface area (TPSA) is 40.5 Å². The molecule has 0 fully saturated rings. The van der Waals surface area contributed by atoms with Crippen LogP contribution in [0.15, 0.2) is 60.7 Å². The fourth-order valence-corrected chi connectivity index (χ4v) is 1.41. The molecule has 2 aromatic rings. The molecule has 2 radical (unpaired) electrons. The number of fused-ring (bicyclic) bond motifs is 1. The summed E-state index contributed by atoms with van der Waals surface area (Å²) >= 11 is 1.36. The Hall–Kier alpha value is 0.127. The van der Waals surface area contributed by atoms with E-state index in [0.717, 1.165) is 13.5 Å². The fraction of sp³-hybridized carbons (Fsp3) is 0.263. The number of aliphatic hydroxyl groups excluding tert-OH is 1. The maximum absolute atomic E-state index is 8.66. The molecule has 0 amide bonds. The van der Waals surface area contributed by atoms with E-state index in [9.17, 15) is 0 Å². The van der Waals surface area contributed by atoms with Crippen molar-refractivity contribution >= 4 is 50.8 Å². The molecule has 0 aromatic heterocycles. The van der Waals surface area contributed by atoms with Crippen LogP contribution in [0.2, 0.25) is 19.6 Å². The minimum absolute atomic E-state index is 0. The van der Waals surface area contributed by atoms with Crippen molar-refractivity contribution in [3.63, 3.8) is 0 Å². The van der Waals surface area contributed by atoms with Crippen LogP contribution in [0, 0.1) is 13.5 Å². The third kappa shape index (κ3) is 26.4. The summed E-state index contributed by atoms with van der Waals surface area (Å²) in [6.45, 7) is 8.71. The second-order valence-corrected chi connectivity index (χ2v) is 9.67. The molecular weight excluding hydrogens is 479 g/mol. The van der Waals surface area contributed by atoms with E-state index in [2.05, 4.69) is 61.5 Å². The Morgan fingerprint density at radius 3 is 1.92 bits per heavy atom. The molecule has 148 valence electrons. The average molecular weight is 510 g/mol. The van der Waals surface area contributed by atoms with E-state index in [-0.39, 0.29) is 32.2 Å². The van der Waals surface area contributed by atoms with Gasteiger partial charge in [-0.2, -0.15) is 23.6 Å². The smallest absolute Gasteiger partial charge is 0.0809 e. The first-order valence-electron chi connectivity index (χ1n) is 7.21. The van der Waals surface area contributed by atoms with Gasteiger partial charge in [-0.1, -0.05) is 6.07 Å². The fourth-order valence-electron chi connectivity index (χ4n) is 1.41. The van der Waals surface area contributed by atoms with Crippen LogP contribution in [0.1, 0.15) is 6.42 Å². The molecule has 2 N–H and O–H groups in total. The molecule has 2 aromatic carbocycles. The Balaban J connectivity index is -0.0000000770. The summed E-state index contributed by atoms with van der Waals surface area (Å²) in [5, 5.41) is 9.66. The summed E-state index contributed by atoms with van der Waals surface area (Å²) in [6.07, 6.45) is 10.0. The molecule has 1 aliphatic carbocycles. The second-order valence-electron chi connectivity index (χ2n) is 5.33. The van der Waals surface area contributed by atoms with Gasteiger partial charge in [0, 0.05) is 7.11 Å². The predicted molar refractivity (Wildman–Crippen MR) is 121 cm³/mol. The summed E-state index contributed by atoms with van der Waals surface area (Å²) in [5.74, 6) is 0. The van der Waals surface area contributed by atoms with Gasteiger partial charge in [0.1, 0.15) is 0 Å². The van der Waals surface area contributed by atoms with Crippen LogP contribution < -0.4 is 0 Å². The van der Waals surface area contributed by atoms with E-state index in [4.69, 9.17) is 9.90 Å². The van der Waals surface area contributed by atoms with Crippen LogP contribution in [-0.4, -0.2) is 32.2 Å². The number of benzene rings is 1. The van der Waals surface area contributed by atoms with Gasteiger partial charge < -0.3 is 17.3 Å². The largest absolute Gasteiger partial charge is 0.168 e. The Bertz CT molecular complexity index is 522. The van der Waals surface area contributed by atoms with Crippen LogP contribution in [0.4, 0.5) is 0 Å². The first-order chi connectivity index (χ1) is 11.0. The minimum atomic E-state index is -1.61. The van der Waals surface area contributed by atoms with E-state index in [1.807, 2.05) is 31.8 Å². The Labute approximate surface area is 190 Å². The molecule has 0 heterocycles.